The number of carbonyl (C=O) groups excluding carboxylic acids is 2. The first kappa shape index (κ1) is 20.9. The number of nitrogens with one attached hydrogen (secondary N) is 1. The van der Waals surface area contributed by atoms with Gasteiger partial charge in [-0.25, -0.2) is 0 Å². The van der Waals surface area contributed by atoms with Crippen LogP contribution in [0, 0.1) is 13.8 Å². The van der Waals surface area contributed by atoms with E-state index in [1.807, 2.05) is 38.1 Å². The molecule has 3 rings (SSSR count). The van der Waals surface area contributed by atoms with Gasteiger partial charge in [-0.1, -0.05) is 37.5 Å². The number of anilines is 1. The molecular weight excluding hydrogens is 364 g/mol. The number of carbonyl (C=O) groups is 2. The van der Waals surface area contributed by atoms with Crippen LogP contribution in [0.15, 0.2) is 42.5 Å². The third-order valence-electron chi connectivity index (χ3n) is 5.38. The van der Waals surface area contributed by atoms with E-state index >= 15 is 0 Å². The predicted octanol–water partition coefficient (Wildman–Crippen LogP) is 4.41. The first-order valence-corrected chi connectivity index (χ1v) is 10.3. The lowest BCUT2D eigenvalue weighted by atomic mass is 9.95. The van der Waals surface area contributed by atoms with Crippen molar-refractivity contribution in [1.29, 1.82) is 0 Å². The van der Waals surface area contributed by atoms with Gasteiger partial charge in [0.2, 0.25) is 0 Å². The molecule has 0 aromatic heterocycles. The first-order valence-electron chi connectivity index (χ1n) is 10.3. The summed E-state index contributed by atoms with van der Waals surface area (Å²) in [6.07, 6.45) is 5.58. The SMILES string of the molecule is Cc1cc(C)cc(OCC(=O)N(C)c2ccccc2C(=O)NC2CCCCC2)c1. The number of aryl methyl sites for hydroxylation is 2. The van der Waals surface area contributed by atoms with Crippen molar-refractivity contribution in [3.8, 4) is 5.75 Å². The van der Waals surface area contributed by atoms with Crippen LogP contribution in [0.25, 0.3) is 0 Å². The maximum Gasteiger partial charge on any atom is 0.264 e. The largest absolute Gasteiger partial charge is 0.484 e. The summed E-state index contributed by atoms with van der Waals surface area (Å²) in [5.74, 6) is 0.344. The van der Waals surface area contributed by atoms with E-state index < -0.39 is 0 Å². The summed E-state index contributed by atoms with van der Waals surface area (Å²) in [6, 6.07) is 13.3. The molecule has 0 radical (unpaired) electrons. The van der Waals surface area contributed by atoms with E-state index in [1.165, 1.54) is 11.3 Å². The highest BCUT2D eigenvalue weighted by Crippen LogP contribution is 2.22. The lowest BCUT2D eigenvalue weighted by molar-refractivity contribution is -0.120. The molecule has 154 valence electrons. The third-order valence-corrected chi connectivity index (χ3v) is 5.38. The number of hydrogen-bond acceptors (Lipinski definition) is 3. The van der Waals surface area contributed by atoms with Gasteiger partial charge in [0.05, 0.1) is 11.3 Å². The maximum absolute atomic E-state index is 12.8. The van der Waals surface area contributed by atoms with Gasteiger partial charge in [0.1, 0.15) is 5.75 Å². The van der Waals surface area contributed by atoms with Gasteiger partial charge in [-0.2, -0.15) is 0 Å². The average Bonchev–Trinajstić information content (AvgIpc) is 2.71. The molecule has 2 aromatic rings. The van der Waals surface area contributed by atoms with Gasteiger partial charge in [-0.15, -0.1) is 0 Å². The highest BCUT2D eigenvalue weighted by atomic mass is 16.5. The van der Waals surface area contributed by atoms with Crippen LogP contribution in [0.4, 0.5) is 5.69 Å². The number of nitrogens with zero attached hydrogens (tertiary/aromatic N) is 1. The molecule has 1 aliphatic rings. The quantitative estimate of drug-likeness (QED) is 0.790. The molecule has 0 spiro atoms. The van der Waals surface area contributed by atoms with Crippen molar-refractivity contribution in [2.45, 2.75) is 52.0 Å². The molecular formula is C24H30N2O3. The van der Waals surface area contributed by atoms with Crippen LogP contribution in [0.3, 0.4) is 0 Å². The van der Waals surface area contributed by atoms with Crippen molar-refractivity contribution in [3.05, 3.63) is 59.2 Å². The fraction of sp³-hybridized carbons (Fsp3) is 0.417. The highest BCUT2D eigenvalue weighted by molar-refractivity contribution is 6.05. The number of rotatable bonds is 6. The molecule has 2 aromatic carbocycles. The Bertz CT molecular complexity index is 852. The molecule has 0 saturated heterocycles. The number of amides is 2. The second kappa shape index (κ2) is 9.59. The summed E-state index contributed by atoms with van der Waals surface area (Å²) in [7, 11) is 1.68. The van der Waals surface area contributed by atoms with E-state index in [0.717, 1.165) is 36.8 Å². The molecule has 1 N–H and O–H groups in total. The lowest BCUT2D eigenvalue weighted by Gasteiger charge is -2.25. The number of likely N-dealkylation sites (N-methyl/N-ethyl adjacent to an activating group) is 1. The third kappa shape index (κ3) is 5.59. The van der Waals surface area contributed by atoms with Crippen molar-refractivity contribution >= 4 is 17.5 Å². The fourth-order valence-electron chi connectivity index (χ4n) is 3.86. The summed E-state index contributed by atoms with van der Waals surface area (Å²) in [4.78, 5) is 27.1. The Hall–Kier alpha value is -2.82. The summed E-state index contributed by atoms with van der Waals surface area (Å²) in [6.45, 7) is 3.90. The van der Waals surface area contributed by atoms with Gasteiger partial charge in [0.25, 0.3) is 11.8 Å². The van der Waals surface area contributed by atoms with Crippen LogP contribution in [-0.2, 0) is 4.79 Å². The van der Waals surface area contributed by atoms with Crippen LogP contribution in [0.2, 0.25) is 0 Å². The fourth-order valence-corrected chi connectivity index (χ4v) is 3.86. The zero-order valence-corrected chi connectivity index (χ0v) is 17.5. The Morgan fingerprint density at radius 2 is 1.69 bits per heavy atom. The zero-order valence-electron chi connectivity index (χ0n) is 17.5. The summed E-state index contributed by atoms with van der Waals surface area (Å²) >= 11 is 0. The predicted molar refractivity (Wildman–Crippen MR) is 116 cm³/mol. The van der Waals surface area contributed by atoms with E-state index in [1.54, 1.807) is 19.2 Å². The molecule has 2 amide bonds. The lowest BCUT2D eigenvalue weighted by Crippen LogP contribution is -2.38. The van der Waals surface area contributed by atoms with Crippen molar-refractivity contribution in [2.24, 2.45) is 0 Å². The van der Waals surface area contributed by atoms with Crippen LogP contribution in [-0.4, -0.2) is 31.5 Å². The molecule has 1 aliphatic carbocycles. The normalized spacial score (nSPS) is 14.3. The molecule has 5 nitrogen and oxygen atoms in total. The van der Waals surface area contributed by atoms with E-state index in [0.29, 0.717) is 17.0 Å². The Kier molecular flexibility index (Phi) is 6.91. The van der Waals surface area contributed by atoms with E-state index in [9.17, 15) is 9.59 Å². The molecule has 0 aliphatic heterocycles. The molecule has 0 unspecified atom stereocenters. The topological polar surface area (TPSA) is 58.6 Å². The maximum atomic E-state index is 12.8. The minimum atomic E-state index is -0.206. The highest BCUT2D eigenvalue weighted by Gasteiger charge is 2.22. The van der Waals surface area contributed by atoms with Crippen LogP contribution in [0.1, 0.15) is 53.6 Å². The first-order chi connectivity index (χ1) is 13.9. The number of para-hydroxylation sites is 1. The standard InChI is InChI=1S/C24H30N2O3/c1-17-13-18(2)15-20(14-17)29-16-23(27)26(3)22-12-8-7-11-21(22)24(28)25-19-9-5-4-6-10-19/h7-8,11-15,19H,4-6,9-10,16H2,1-3H3,(H,25,28). The minimum Gasteiger partial charge on any atom is -0.484 e. The monoisotopic (exact) mass is 394 g/mol. The average molecular weight is 395 g/mol. The van der Waals surface area contributed by atoms with Crippen molar-refractivity contribution in [3.63, 3.8) is 0 Å². The van der Waals surface area contributed by atoms with E-state index in [4.69, 9.17) is 4.74 Å². The second-order valence-corrected chi connectivity index (χ2v) is 7.89. The van der Waals surface area contributed by atoms with Gasteiger partial charge >= 0.3 is 0 Å². The van der Waals surface area contributed by atoms with E-state index in [-0.39, 0.29) is 24.5 Å². The molecule has 1 fully saturated rings. The second-order valence-electron chi connectivity index (χ2n) is 7.89. The smallest absolute Gasteiger partial charge is 0.264 e. The molecule has 29 heavy (non-hydrogen) atoms. The Balaban J connectivity index is 1.67. The number of ether oxygens (including phenoxy) is 1. The van der Waals surface area contributed by atoms with Gasteiger partial charge in [-0.3, -0.25) is 9.59 Å². The Morgan fingerprint density at radius 3 is 2.38 bits per heavy atom. The summed E-state index contributed by atoms with van der Waals surface area (Å²) in [5, 5.41) is 3.13. The molecule has 0 bridgehead atoms. The summed E-state index contributed by atoms with van der Waals surface area (Å²) < 4.78 is 5.70. The van der Waals surface area contributed by atoms with Crippen molar-refractivity contribution in [2.75, 3.05) is 18.6 Å². The molecule has 0 heterocycles. The van der Waals surface area contributed by atoms with Crippen LogP contribution >= 0.6 is 0 Å². The van der Waals surface area contributed by atoms with Gasteiger partial charge < -0.3 is 15.0 Å². The van der Waals surface area contributed by atoms with Crippen molar-refractivity contribution in [1.82, 2.24) is 5.32 Å². The minimum absolute atomic E-state index is 0.0853. The zero-order chi connectivity index (χ0) is 20.8. The number of benzene rings is 2. The van der Waals surface area contributed by atoms with E-state index in [2.05, 4.69) is 11.4 Å². The van der Waals surface area contributed by atoms with Gasteiger partial charge in [0, 0.05) is 13.1 Å². The molecule has 1 saturated carbocycles. The van der Waals surface area contributed by atoms with Crippen molar-refractivity contribution < 1.29 is 14.3 Å². The number of hydrogen-bond donors (Lipinski definition) is 1. The van der Waals surface area contributed by atoms with Crippen LogP contribution < -0.4 is 15.0 Å². The summed E-state index contributed by atoms with van der Waals surface area (Å²) in [5.41, 5.74) is 3.28. The Labute approximate surface area is 173 Å². The van der Waals surface area contributed by atoms with Crippen LogP contribution in [0.5, 0.6) is 5.75 Å². The molecule has 5 heteroatoms. The molecule has 0 atom stereocenters. The Morgan fingerprint density at radius 1 is 1.03 bits per heavy atom. The van der Waals surface area contributed by atoms with Gasteiger partial charge in [-0.05, 0) is 62.1 Å². The van der Waals surface area contributed by atoms with Gasteiger partial charge in [0.15, 0.2) is 6.61 Å².